The first-order valence-corrected chi connectivity index (χ1v) is 7.52. The number of alkyl halides is 3. The van der Waals surface area contributed by atoms with E-state index in [2.05, 4.69) is 4.74 Å². The second kappa shape index (κ2) is 8.09. The largest absolute Gasteiger partial charge is 0.484 e. The Hall–Kier alpha value is -2.07. The normalized spacial score (nSPS) is 19.8. The highest BCUT2D eigenvalue weighted by Gasteiger charge is 2.37. The van der Waals surface area contributed by atoms with E-state index >= 15 is 0 Å². The van der Waals surface area contributed by atoms with Gasteiger partial charge in [-0.25, -0.2) is 0 Å². The molecular formula is C15H19ClF3N3O4. The van der Waals surface area contributed by atoms with E-state index in [4.69, 9.17) is 5.73 Å². The number of rotatable bonds is 5. The van der Waals surface area contributed by atoms with Crippen LogP contribution in [0.2, 0.25) is 0 Å². The van der Waals surface area contributed by atoms with E-state index in [9.17, 15) is 28.1 Å². The molecule has 1 unspecified atom stereocenters. The number of amides is 1. The lowest BCUT2D eigenvalue weighted by Crippen LogP contribution is -2.34. The van der Waals surface area contributed by atoms with E-state index in [1.54, 1.807) is 0 Å². The molecule has 1 amide bonds. The number of benzene rings is 1. The Labute approximate surface area is 153 Å². The fourth-order valence-electron chi connectivity index (χ4n) is 2.63. The number of likely N-dealkylation sites (tertiary alicyclic amines) is 1. The summed E-state index contributed by atoms with van der Waals surface area (Å²) in [5.41, 5.74) is 4.62. The van der Waals surface area contributed by atoms with Crippen LogP contribution in [0.5, 0.6) is 5.75 Å². The summed E-state index contributed by atoms with van der Waals surface area (Å²) in [6, 6.07) is 2.98. The van der Waals surface area contributed by atoms with Crippen LogP contribution in [0.15, 0.2) is 18.2 Å². The molecule has 1 fully saturated rings. The van der Waals surface area contributed by atoms with Gasteiger partial charge in [-0.05, 0) is 30.5 Å². The molecule has 0 radical (unpaired) electrons. The van der Waals surface area contributed by atoms with Crippen LogP contribution in [0, 0.1) is 15.5 Å². The first kappa shape index (κ1) is 22.0. The monoisotopic (exact) mass is 397 g/mol. The van der Waals surface area contributed by atoms with Gasteiger partial charge in [0, 0.05) is 19.2 Å². The predicted molar refractivity (Wildman–Crippen MR) is 89.6 cm³/mol. The maximum absolute atomic E-state index is 12.6. The first-order valence-electron chi connectivity index (χ1n) is 7.52. The Bertz CT molecular complexity index is 687. The maximum atomic E-state index is 12.6. The molecule has 2 rings (SSSR count). The second-order valence-corrected chi connectivity index (χ2v) is 6.33. The van der Waals surface area contributed by atoms with Gasteiger partial charge >= 0.3 is 6.18 Å². The average molecular weight is 398 g/mol. The minimum atomic E-state index is -4.55. The van der Waals surface area contributed by atoms with Crippen molar-refractivity contribution in [3.8, 4) is 5.75 Å². The van der Waals surface area contributed by atoms with Crippen LogP contribution < -0.4 is 10.5 Å². The zero-order valence-electron chi connectivity index (χ0n) is 13.9. The van der Waals surface area contributed by atoms with Gasteiger partial charge in [-0.1, -0.05) is 6.92 Å². The Kier molecular flexibility index (Phi) is 6.83. The van der Waals surface area contributed by atoms with Crippen LogP contribution in [0.25, 0.3) is 0 Å². The van der Waals surface area contributed by atoms with Crippen molar-refractivity contribution in [2.45, 2.75) is 19.5 Å². The third-order valence-electron chi connectivity index (χ3n) is 4.14. The summed E-state index contributed by atoms with van der Waals surface area (Å²) >= 11 is 0. The molecular weight excluding hydrogens is 379 g/mol. The van der Waals surface area contributed by atoms with Gasteiger partial charge in [0.25, 0.3) is 11.6 Å². The number of nitrogens with two attached hydrogens (primary N) is 1. The van der Waals surface area contributed by atoms with Crippen molar-refractivity contribution in [1.82, 2.24) is 4.90 Å². The van der Waals surface area contributed by atoms with E-state index in [0.29, 0.717) is 26.1 Å². The van der Waals surface area contributed by atoms with Gasteiger partial charge in [0.2, 0.25) is 0 Å². The van der Waals surface area contributed by atoms with Crippen molar-refractivity contribution in [2.75, 3.05) is 26.2 Å². The van der Waals surface area contributed by atoms with Gasteiger partial charge in [-0.2, -0.15) is 13.2 Å². The SMILES string of the molecule is CC1(CN)CCN(C(=O)c2cc(OCC(F)(F)F)ccc2[N+](=O)[O-])C1.Cl. The quantitative estimate of drug-likeness (QED) is 0.608. The average Bonchev–Trinajstić information content (AvgIpc) is 2.94. The van der Waals surface area contributed by atoms with Crippen molar-refractivity contribution in [3.05, 3.63) is 33.9 Å². The van der Waals surface area contributed by atoms with E-state index in [-0.39, 0.29) is 29.1 Å². The summed E-state index contributed by atoms with van der Waals surface area (Å²) in [7, 11) is 0. The van der Waals surface area contributed by atoms with Crippen LogP contribution in [-0.2, 0) is 0 Å². The van der Waals surface area contributed by atoms with Crippen LogP contribution in [0.1, 0.15) is 23.7 Å². The Morgan fingerprint density at radius 2 is 2.12 bits per heavy atom. The van der Waals surface area contributed by atoms with E-state index < -0.39 is 29.3 Å². The molecule has 1 aliphatic heterocycles. The highest BCUT2D eigenvalue weighted by molar-refractivity contribution is 5.98. The molecule has 26 heavy (non-hydrogen) atoms. The summed E-state index contributed by atoms with van der Waals surface area (Å²) in [4.78, 5) is 24.4. The van der Waals surface area contributed by atoms with Crippen molar-refractivity contribution >= 4 is 24.0 Å². The number of ether oxygens (including phenoxy) is 1. The van der Waals surface area contributed by atoms with Crippen molar-refractivity contribution < 1.29 is 27.6 Å². The molecule has 146 valence electrons. The predicted octanol–water partition coefficient (Wildman–Crippen LogP) is 2.77. The Morgan fingerprint density at radius 3 is 2.62 bits per heavy atom. The zero-order chi connectivity index (χ0) is 18.8. The number of carbonyl (C=O) groups is 1. The summed E-state index contributed by atoms with van der Waals surface area (Å²) < 4.78 is 41.4. The van der Waals surface area contributed by atoms with Crippen molar-refractivity contribution in [1.29, 1.82) is 0 Å². The standard InChI is InChI=1S/C15H18F3N3O4.ClH/c1-14(7-19)4-5-20(8-14)13(22)11-6-10(25-9-15(16,17)18)2-3-12(11)21(23)24;/h2-3,6H,4-5,7-9,19H2,1H3;1H. The lowest BCUT2D eigenvalue weighted by Gasteiger charge is -2.22. The first-order chi connectivity index (χ1) is 11.5. The van der Waals surface area contributed by atoms with Crippen LogP contribution in [0.4, 0.5) is 18.9 Å². The molecule has 7 nitrogen and oxygen atoms in total. The molecule has 0 aromatic heterocycles. The molecule has 2 N–H and O–H groups in total. The number of hydrogen-bond donors (Lipinski definition) is 1. The number of hydrogen-bond acceptors (Lipinski definition) is 5. The lowest BCUT2D eigenvalue weighted by atomic mass is 9.90. The molecule has 1 heterocycles. The fraction of sp³-hybridized carbons (Fsp3) is 0.533. The number of nitro benzene ring substituents is 1. The van der Waals surface area contributed by atoms with Crippen molar-refractivity contribution in [3.63, 3.8) is 0 Å². The molecule has 0 aliphatic carbocycles. The van der Waals surface area contributed by atoms with E-state index in [0.717, 1.165) is 18.2 Å². The van der Waals surface area contributed by atoms with E-state index in [1.165, 1.54) is 4.90 Å². The summed E-state index contributed by atoms with van der Waals surface area (Å²) in [6.45, 7) is 1.41. The smallest absolute Gasteiger partial charge is 0.422 e. The van der Waals surface area contributed by atoms with Crippen LogP contribution >= 0.6 is 12.4 Å². The zero-order valence-corrected chi connectivity index (χ0v) is 14.7. The molecule has 0 bridgehead atoms. The Balaban J connectivity index is 0.00000338. The molecule has 1 aliphatic rings. The summed E-state index contributed by atoms with van der Waals surface area (Å²) in [5.74, 6) is -0.881. The number of carbonyl (C=O) groups excluding carboxylic acids is 1. The summed E-state index contributed by atoms with van der Waals surface area (Å²) in [5, 5.41) is 11.1. The topological polar surface area (TPSA) is 98.7 Å². The molecule has 0 spiro atoms. The third kappa shape index (κ3) is 5.21. The van der Waals surface area contributed by atoms with Gasteiger partial charge < -0.3 is 15.4 Å². The molecule has 1 aromatic rings. The van der Waals surface area contributed by atoms with Crippen molar-refractivity contribution in [2.24, 2.45) is 11.1 Å². The van der Waals surface area contributed by atoms with Crippen LogP contribution in [-0.4, -0.2) is 48.1 Å². The van der Waals surface area contributed by atoms with Crippen LogP contribution in [0.3, 0.4) is 0 Å². The minimum Gasteiger partial charge on any atom is -0.484 e. The maximum Gasteiger partial charge on any atom is 0.422 e. The molecule has 1 atom stereocenters. The van der Waals surface area contributed by atoms with Gasteiger partial charge in [-0.15, -0.1) is 12.4 Å². The minimum absolute atomic E-state index is 0. The fourth-order valence-corrected chi connectivity index (χ4v) is 2.63. The molecule has 11 heteroatoms. The highest BCUT2D eigenvalue weighted by atomic mass is 35.5. The van der Waals surface area contributed by atoms with Gasteiger partial charge in [0.05, 0.1) is 4.92 Å². The van der Waals surface area contributed by atoms with Gasteiger partial charge in [0.15, 0.2) is 6.61 Å². The number of nitro groups is 1. The Morgan fingerprint density at radius 1 is 1.46 bits per heavy atom. The molecule has 1 saturated heterocycles. The number of nitrogens with zero attached hydrogens (tertiary/aromatic N) is 2. The van der Waals surface area contributed by atoms with E-state index in [1.807, 2.05) is 6.92 Å². The molecule has 1 aromatic carbocycles. The molecule has 0 saturated carbocycles. The van der Waals surface area contributed by atoms with Gasteiger partial charge in [0.1, 0.15) is 11.3 Å². The summed E-state index contributed by atoms with van der Waals surface area (Å²) in [6.07, 6.45) is -3.91. The lowest BCUT2D eigenvalue weighted by molar-refractivity contribution is -0.385. The number of halogens is 4. The second-order valence-electron chi connectivity index (χ2n) is 6.33. The highest BCUT2D eigenvalue weighted by Crippen LogP contribution is 2.32. The van der Waals surface area contributed by atoms with Gasteiger partial charge in [-0.3, -0.25) is 14.9 Å². The third-order valence-corrected chi connectivity index (χ3v) is 4.14.